The highest BCUT2D eigenvalue weighted by Gasteiger charge is 2.16. The zero-order valence-electron chi connectivity index (χ0n) is 21.0. The van der Waals surface area contributed by atoms with Gasteiger partial charge in [-0.3, -0.25) is 9.36 Å². The summed E-state index contributed by atoms with van der Waals surface area (Å²) in [5.74, 6) is 1.82. The topological polar surface area (TPSA) is 89.1 Å². The first-order chi connectivity index (χ1) is 16.6. The Morgan fingerprint density at radius 1 is 0.941 bits per heavy atom. The molecule has 0 saturated carbocycles. The fourth-order valence-electron chi connectivity index (χ4n) is 4.09. The number of hydrogen-bond acceptors (Lipinski definition) is 6. The number of nitrogens with two attached hydrogens (primary N) is 1. The third-order valence-corrected chi connectivity index (χ3v) is 6.10. The molecular formula is C27H40N6O. The number of unbranched alkanes of at least 4 members (excludes halogenated alkanes) is 4. The molecule has 1 aromatic carbocycles. The van der Waals surface area contributed by atoms with Crippen molar-refractivity contribution in [3.63, 3.8) is 0 Å². The standard InChI is InChI=1S/C27H40N6O/c1-4-6-8-18-32(19-9-7-5-2)25-16-15-24-26(31-25)33(20-10-17-28)27(30-24)29-23-13-11-22(12-14-23)21(3)34/h11-16H,4-10,17-20,28H2,1-3H3,(H,29,30). The summed E-state index contributed by atoms with van der Waals surface area (Å²) < 4.78 is 2.13. The number of nitrogens with one attached hydrogen (secondary N) is 1. The largest absolute Gasteiger partial charge is 0.357 e. The third kappa shape index (κ3) is 6.79. The van der Waals surface area contributed by atoms with E-state index in [1.54, 1.807) is 6.92 Å². The Hall–Kier alpha value is -2.93. The van der Waals surface area contributed by atoms with E-state index in [1.807, 2.05) is 24.3 Å². The zero-order valence-corrected chi connectivity index (χ0v) is 21.0. The molecule has 0 aliphatic heterocycles. The van der Waals surface area contributed by atoms with E-state index in [4.69, 9.17) is 15.7 Å². The molecule has 0 bridgehead atoms. The fraction of sp³-hybridized carbons (Fsp3) is 0.519. The molecule has 3 aromatic rings. The molecule has 7 nitrogen and oxygen atoms in total. The van der Waals surface area contributed by atoms with Crippen molar-refractivity contribution in [2.45, 2.75) is 72.3 Å². The summed E-state index contributed by atoms with van der Waals surface area (Å²) >= 11 is 0. The van der Waals surface area contributed by atoms with Gasteiger partial charge in [0, 0.05) is 30.9 Å². The monoisotopic (exact) mass is 464 g/mol. The lowest BCUT2D eigenvalue weighted by Gasteiger charge is -2.24. The number of benzene rings is 1. The molecule has 2 heterocycles. The minimum Gasteiger partial charge on any atom is -0.357 e. The number of fused-ring (bicyclic) bond motifs is 1. The van der Waals surface area contributed by atoms with Crippen molar-refractivity contribution in [2.75, 3.05) is 29.9 Å². The van der Waals surface area contributed by atoms with Crippen LogP contribution in [0.2, 0.25) is 0 Å². The molecule has 0 atom stereocenters. The Kier molecular flexibility index (Phi) is 9.89. The van der Waals surface area contributed by atoms with Crippen LogP contribution in [0.15, 0.2) is 36.4 Å². The molecule has 184 valence electrons. The number of pyridine rings is 1. The van der Waals surface area contributed by atoms with Gasteiger partial charge in [0.05, 0.1) is 0 Å². The number of imidazole rings is 1. The summed E-state index contributed by atoms with van der Waals surface area (Å²) in [6, 6.07) is 11.7. The number of aromatic nitrogens is 3. The summed E-state index contributed by atoms with van der Waals surface area (Å²) in [5.41, 5.74) is 9.16. The quantitative estimate of drug-likeness (QED) is 0.215. The Balaban J connectivity index is 1.91. The fourth-order valence-corrected chi connectivity index (χ4v) is 4.09. The SMILES string of the molecule is CCCCCN(CCCCC)c1ccc2nc(Nc3ccc(C(C)=O)cc3)n(CCCN)c2n1. The van der Waals surface area contributed by atoms with Gasteiger partial charge in [0.15, 0.2) is 11.4 Å². The predicted molar refractivity (Wildman–Crippen MR) is 142 cm³/mol. The smallest absolute Gasteiger partial charge is 0.209 e. The van der Waals surface area contributed by atoms with E-state index in [9.17, 15) is 4.79 Å². The van der Waals surface area contributed by atoms with Crippen LogP contribution in [0.1, 0.15) is 76.1 Å². The van der Waals surface area contributed by atoms with Crippen LogP contribution in [-0.2, 0) is 6.54 Å². The van der Waals surface area contributed by atoms with Crippen molar-refractivity contribution < 1.29 is 4.79 Å². The average Bonchev–Trinajstić information content (AvgIpc) is 3.18. The van der Waals surface area contributed by atoms with Crippen LogP contribution in [0.5, 0.6) is 0 Å². The first-order valence-electron chi connectivity index (χ1n) is 12.8. The van der Waals surface area contributed by atoms with E-state index in [0.717, 1.165) is 54.7 Å². The second-order valence-corrected chi connectivity index (χ2v) is 8.90. The van der Waals surface area contributed by atoms with E-state index in [0.29, 0.717) is 12.1 Å². The van der Waals surface area contributed by atoms with Gasteiger partial charge in [-0.05, 0) is 69.1 Å². The van der Waals surface area contributed by atoms with E-state index in [1.165, 1.54) is 38.5 Å². The third-order valence-electron chi connectivity index (χ3n) is 6.10. The first kappa shape index (κ1) is 25.7. The van der Waals surface area contributed by atoms with Gasteiger partial charge >= 0.3 is 0 Å². The average molecular weight is 465 g/mol. The molecule has 34 heavy (non-hydrogen) atoms. The van der Waals surface area contributed by atoms with Gasteiger partial charge in [-0.15, -0.1) is 0 Å². The van der Waals surface area contributed by atoms with Crippen molar-refractivity contribution in [3.8, 4) is 0 Å². The summed E-state index contributed by atoms with van der Waals surface area (Å²) in [4.78, 5) is 23.9. The maximum absolute atomic E-state index is 11.6. The minimum atomic E-state index is 0.0564. The van der Waals surface area contributed by atoms with Gasteiger partial charge in [0.1, 0.15) is 11.3 Å². The van der Waals surface area contributed by atoms with Crippen molar-refractivity contribution >= 4 is 34.4 Å². The van der Waals surface area contributed by atoms with Gasteiger partial charge in [0.2, 0.25) is 5.95 Å². The molecule has 0 radical (unpaired) electrons. The lowest BCUT2D eigenvalue weighted by molar-refractivity contribution is 0.101. The molecule has 3 N–H and O–H groups in total. The number of nitrogens with zero attached hydrogens (tertiary/aromatic N) is 4. The number of hydrogen-bond donors (Lipinski definition) is 2. The highest BCUT2D eigenvalue weighted by atomic mass is 16.1. The molecule has 0 amide bonds. The number of ketones is 1. The molecular weight excluding hydrogens is 424 g/mol. The molecule has 0 aliphatic rings. The molecule has 0 saturated heterocycles. The maximum atomic E-state index is 11.6. The van der Waals surface area contributed by atoms with E-state index >= 15 is 0 Å². The number of Topliss-reactive ketones (excluding diaryl/α,β-unsaturated/α-hetero) is 1. The summed E-state index contributed by atoms with van der Waals surface area (Å²) in [6.07, 6.45) is 8.09. The van der Waals surface area contributed by atoms with Crippen LogP contribution < -0.4 is 16.0 Å². The van der Waals surface area contributed by atoms with Gasteiger partial charge in [-0.25, -0.2) is 9.97 Å². The Morgan fingerprint density at radius 2 is 1.62 bits per heavy atom. The van der Waals surface area contributed by atoms with Crippen LogP contribution in [-0.4, -0.2) is 40.0 Å². The van der Waals surface area contributed by atoms with Crippen LogP contribution in [0, 0.1) is 0 Å². The van der Waals surface area contributed by atoms with Gasteiger partial charge in [-0.1, -0.05) is 39.5 Å². The maximum Gasteiger partial charge on any atom is 0.209 e. The molecule has 0 unspecified atom stereocenters. The molecule has 7 heteroatoms. The number of carbonyl (C=O) groups excluding carboxylic acids is 1. The normalized spacial score (nSPS) is 11.2. The molecule has 0 aliphatic carbocycles. The minimum absolute atomic E-state index is 0.0564. The van der Waals surface area contributed by atoms with Gasteiger partial charge in [-0.2, -0.15) is 0 Å². The van der Waals surface area contributed by atoms with Crippen LogP contribution >= 0.6 is 0 Å². The van der Waals surface area contributed by atoms with Crippen LogP contribution in [0.25, 0.3) is 11.2 Å². The van der Waals surface area contributed by atoms with Crippen molar-refractivity contribution in [1.29, 1.82) is 0 Å². The zero-order chi connectivity index (χ0) is 24.3. The summed E-state index contributed by atoms with van der Waals surface area (Å²) in [7, 11) is 0. The van der Waals surface area contributed by atoms with Crippen LogP contribution in [0.4, 0.5) is 17.5 Å². The Labute approximate surface area is 203 Å². The summed E-state index contributed by atoms with van der Waals surface area (Å²) in [6.45, 7) is 9.45. The van der Waals surface area contributed by atoms with Crippen molar-refractivity contribution in [1.82, 2.24) is 14.5 Å². The van der Waals surface area contributed by atoms with E-state index < -0.39 is 0 Å². The highest BCUT2D eigenvalue weighted by molar-refractivity contribution is 5.94. The molecule has 0 fully saturated rings. The van der Waals surface area contributed by atoms with E-state index in [2.05, 4.69) is 40.8 Å². The number of aryl methyl sites for hydroxylation is 1. The molecule has 0 spiro atoms. The lowest BCUT2D eigenvalue weighted by Crippen LogP contribution is -2.26. The van der Waals surface area contributed by atoms with Crippen molar-refractivity contribution in [2.24, 2.45) is 5.73 Å². The first-order valence-corrected chi connectivity index (χ1v) is 12.8. The predicted octanol–water partition coefficient (Wildman–Crippen LogP) is 5.91. The second kappa shape index (κ2) is 13.1. The molecule has 3 rings (SSSR count). The molecule has 2 aromatic heterocycles. The van der Waals surface area contributed by atoms with Crippen molar-refractivity contribution in [3.05, 3.63) is 42.0 Å². The Morgan fingerprint density at radius 3 is 2.21 bits per heavy atom. The lowest BCUT2D eigenvalue weighted by atomic mass is 10.1. The van der Waals surface area contributed by atoms with Crippen LogP contribution in [0.3, 0.4) is 0 Å². The second-order valence-electron chi connectivity index (χ2n) is 8.90. The van der Waals surface area contributed by atoms with Gasteiger partial charge < -0.3 is 16.0 Å². The van der Waals surface area contributed by atoms with E-state index in [-0.39, 0.29) is 5.78 Å². The summed E-state index contributed by atoms with van der Waals surface area (Å²) in [5, 5.41) is 3.42. The van der Waals surface area contributed by atoms with Gasteiger partial charge in [0.25, 0.3) is 0 Å². The highest BCUT2D eigenvalue weighted by Crippen LogP contribution is 2.25. The number of rotatable bonds is 15. The Bertz CT molecular complexity index is 1030. The number of carbonyl (C=O) groups is 1. The number of anilines is 3.